The van der Waals surface area contributed by atoms with Crippen molar-refractivity contribution in [2.45, 2.75) is 45.1 Å². The first kappa shape index (κ1) is 15.5. The van der Waals surface area contributed by atoms with Gasteiger partial charge in [-0.25, -0.2) is 0 Å². The van der Waals surface area contributed by atoms with E-state index >= 15 is 0 Å². The van der Waals surface area contributed by atoms with Crippen molar-refractivity contribution in [2.24, 2.45) is 5.92 Å². The zero-order valence-corrected chi connectivity index (χ0v) is 13.8. The predicted octanol–water partition coefficient (Wildman–Crippen LogP) is 3.86. The van der Waals surface area contributed by atoms with Crippen molar-refractivity contribution in [2.75, 3.05) is 12.4 Å². The van der Waals surface area contributed by atoms with Crippen molar-refractivity contribution in [3.63, 3.8) is 0 Å². The Hall–Kier alpha value is -0.870. The highest BCUT2D eigenvalue weighted by atomic mass is 79.9. The number of aryl methyl sites for hydroxylation is 1. The minimum Gasteiger partial charge on any atom is -0.326 e. The van der Waals surface area contributed by atoms with E-state index in [1.807, 2.05) is 32.2 Å². The van der Waals surface area contributed by atoms with Crippen LogP contribution in [0.4, 0.5) is 5.69 Å². The van der Waals surface area contributed by atoms with E-state index in [1.54, 1.807) is 0 Å². The lowest BCUT2D eigenvalue weighted by molar-refractivity contribution is -0.117. The molecule has 20 heavy (non-hydrogen) atoms. The summed E-state index contributed by atoms with van der Waals surface area (Å²) >= 11 is 3.47. The maximum absolute atomic E-state index is 12.1. The zero-order valence-electron chi connectivity index (χ0n) is 12.2. The highest BCUT2D eigenvalue weighted by Crippen LogP contribution is 2.27. The summed E-state index contributed by atoms with van der Waals surface area (Å²) in [5.74, 6) is 0.677. The van der Waals surface area contributed by atoms with Gasteiger partial charge < -0.3 is 10.6 Å². The molecular weight excluding hydrogens is 316 g/mol. The van der Waals surface area contributed by atoms with Crippen molar-refractivity contribution in [3.8, 4) is 0 Å². The van der Waals surface area contributed by atoms with Crippen LogP contribution < -0.4 is 10.6 Å². The third-order valence-corrected chi connectivity index (χ3v) is 5.06. The van der Waals surface area contributed by atoms with Gasteiger partial charge in [-0.15, -0.1) is 0 Å². The second kappa shape index (κ2) is 7.23. The average Bonchev–Trinajstić information content (AvgIpc) is 2.44. The van der Waals surface area contributed by atoms with E-state index in [-0.39, 0.29) is 5.91 Å². The van der Waals surface area contributed by atoms with E-state index in [0.717, 1.165) is 28.6 Å². The van der Waals surface area contributed by atoms with E-state index in [9.17, 15) is 4.79 Å². The molecule has 3 nitrogen and oxygen atoms in total. The van der Waals surface area contributed by atoms with Crippen LogP contribution in [-0.2, 0) is 4.79 Å². The second-order valence-electron chi connectivity index (χ2n) is 5.72. The van der Waals surface area contributed by atoms with E-state index in [0.29, 0.717) is 18.4 Å². The van der Waals surface area contributed by atoms with Crippen LogP contribution in [0.1, 0.15) is 37.7 Å². The molecule has 0 aliphatic heterocycles. The highest BCUT2D eigenvalue weighted by Gasteiger charge is 2.22. The lowest BCUT2D eigenvalue weighted by Crippen LogP contribution is -2.31. The van der Waals surface area contributed by atoms with Crippen molar-refractivity contribution >= 4 is 27.5 Å². The molecule has 1 aromatic rings. The quantitative estimate of drug-likeness (QED) is 0.874. The number of carbonyl (C=O) groups is 1. The number of amides is 1. The molecule has 1 aliphatic rings. The molecule has 0 unspecified atom stereocenters. The second-order valence-corrected chi connectivity index (χ2v) is 6.58. The molecule has 0 atom stereocenters. The van der Waals surface area contributed by atoms with E-state index in [1.165, 1.54) is 12.8 Å². The first-order valence-corrected chi connectivity index (χ1v) is 8.11. The van der Waals surface area contributed by atoms with Crippen LogP contribution in [0, 0.1) is 12.8 Å². The van der Waals surface area contributed by atoms with Gasteiger partial charge in [-0.05, 0) is 69.3 Å². The van der Waals surface area contributed by atoms with Gasteiger partial charge in [0.05, 0.1) is 0 Å². The summed E-state index contributed by atoms with van der Waals surface area (Å²) < 4.78 is 1.07. The number of anilines is 1. The van der Waals surface area contributed by atoms with Gasteiger partial charge >= 0.3 is 0 Å². The molecule has 0 aromatic heterocycles. The van der Waals surface area contributed by atoms with Gasteiger partial charge in [0, 0.05) is 22.6 Å². The first-order chi connectivity index (χ1) is 9.58. The molecule has 2 N–H and O–H groups in total. The zero-order chi connectivity index (χ0) is 14.5. The average molecular weight is 339 g/mol. The Labute approximate surface area is 129 Å². The van der Waals surface area contributed by atoms with Crippen LogP contribution in [0.3, 0.4) is 0 Å². The van der Waals surface area contributed by atoms with Gasteiger partial charge in [0.15, 0.2) is 0 Å². The minimum atomic E-state index is 0.139. The van der Waals surface area contributed by atoms with Crippen LogP contribution in [0.25, 0.3) is 0 Å². The Morgan fingerprint density at radius 3 is 2.60 bits per heavy atom. The first-order valence-electron chi connectivity index (χ1n) is 7.31. The van der Waals surface area contributed by atoms with E-state index in [4.69, 9.17) is 0 Å². The van der Waals surface area contributed by atoms with Crippen LogP contribution in [0.2, 0.25) is 0 Å². The van der Waals surface area contributed by atoms with Crippen molar-refractivity contribution in [3.05, 3.63) is 28.2 Å². The largest absolute Gasteiger partial charge is 0.326 e. The summed E-state index contributed by atoms with van der Waals surface area (Å²) in [6.07, 6.45) is 5.32. The maximum Gasteiger partial charge on any atom is 0.224 e. The third kappa shape index (κ3) is 4.32. The number of rotatable bonds is 4. The van der Waals surface area contributed by atoms with Crippen molar-refractivity contribution < 1.29 is 4.79 Å². The Bertz CT molecular complexity index is 468. The fourth-order valence-corrected chi connectivity index (χ4v) is 3.10. The van der Waals surface area contributed by atoms with E-state index < -0.39 is 0 Å². The molecule has 1 fully saturated rings. The predicted molar refractivity (Wildman–Crippen MR) is 86.9 cm³/mol. The molecule has 1 saturated carbocycles. The number of hydrogen-bond acceptors (Lipinski definition) is 2. The lowest BCUT2D eigenvalue weighted by atomic mass is 9.84. The molecule has 110 valence electrons. The summed E-state index contributed by atoms with van der Waals surface area (Å²) in [6.45, 7) is 2.03. The molecule has 4 heteroatoms. The summed E-state index contributed by atoms with van der Waals surface area (Å²) in [7, 11) is 2.02. The van der Waals surface area contributed by atoms with Gasteiger partial charge in [0.1, 0.15) is 0 Å². The normalized spacial score (nSPS) is 22.6. The van der Waals surface area contributed by atoms with Crippen LogP contribution in [0.5, 0.6) is 0 Å². The highest BCUT2D eigenvalue weighted by molar-refractivity contribution is 9.10. The topological polar surface area (TPSA) is 41.1 Å². The summed E-state index contributed by atoms with van der Waals surface area (Å²) in [5.41, 5.74) is 2.02. The van der Waals surface area contributed by atoms with Gasteiger partial charge in [0.25, 0.3) is 0 Å². The molecule has 1 aromatic carbocycles. The Morgan fingerprint density at radius 2 is 2.00 bits per heavy atom. The number of benzene rings is 1. The molecule has 1 amide bonds. The van der Waals surface area contributed by atoms with Crippen LogP contribution in [0.15, 0.2) is 22.7 Å². The fourth-order valence-electron chi connectivity index (χ4n) is 2.85. The SMILES string of the molecule is CNC1CCC(CC(=O)Nc2ccc(Br)c(C)c2)CC1. The number of halogens is 1. The Kier molecular flexibility index (Phi) is 5.61. The van der Waals surface area contributed by atoms with Gasteiger partial charge in [-0.1, -0.05) is 15.9 Å². The molecule has 0 spiro atoms. The molecular formula is C16H23BrN2O. The van der Waals surface area contributed by atoms with Gasteiger partial charge in [0.2, 0.25) is 5.91 Å². The summed E-state index contributed by atoms with van der Waals surface area (Å²) in [5, 5.41) is 6.33. The molecule has 0 bridgehead atoms. The Balaban J connectivity index is 1.82. The molecule has 1 aliphatic carbocycles. The van der Waals surface area contributed by atoms with Gasteiger partial charge in [-0.2, -0.15) is 0 Å². The van der Waals surface area contributed by atoms with Crippen molar-refractivity contribution in [1.82, 2.24) is 5.32 Å². The fraction of sp³-hybridized carbons (Fsp3) is 0.562. The third-order valence-electron chi connectivity index (χ3n) is 4.17. The molecule has 0 radical (unpaired) electrons. The minimum absolute atomic E-state index is 0.139. The molecule has 0 heterocycles. The molecule has 0 saturated heterocycles. The number of nitrogens with one attached hydrogen (secondary N) is 2. The summed E-state index contributed by atoms with van der Waals surface area (Å²) in [6, 6.07) is 6.55. The standard InChI is InChI=1S/C16H23BrN2O/c1-11-9-14(7-8-15(11)17)19-16(20)10-12-3-5-13(18-2)6-4-12/h7-9,12-13,18H,3-6,10H2,1-2H3,(H,19,20). The maximum atomic E-state index is 12.1. The summed E-state index contributed by atoms with van der Waals surface area (Å²) in [4.78, 5) is 12.1. The van der Waals surface area contributed by atoms with Gasteiger partial charge in [-0.3, -0.25) is 4.79 Å². The van der Waals surface area contributed by atoms with E-state index in [2.05, 4.69) is 26.6 Å². The Morgan fingerprint density at radius 1 is 1.30 bits per heavy atom. The monoisotopic (exact) mass is 338 g/mol. The molecule has 2 rings (SSSR count). The number of hydrogen-bond donors (Lipinski definition) is 2. The smallest absolute Gasteiger partial charge is 0.224 e. The van der Waals surface area contributed by atoms with Crippen LogP contribution >= 0.6 is 15.9 Å². The van der Waals surface area contributed by atoms with Crippen LogP contribution in [-0.4, -0.2) is 19.0 Å². The van der Waals surface area contributed by atoms with Crippen molar-refractivity contribution in [1.29, 1.82) is 0 Å². The lowest BCUT2D eigenvalue weighted by Gasteiger charge is -2.27. The number of carbonyl (C=O) groups excluding carboxylic acids is 1.